The molecule has 1 heterocycles. The number of hydrogen-bond acceptors (Lipinski definition) is 3. The second-order valence-corrected chi connectivity index (χ2v) is 7.47. The van der Waals surface area contributed by atoms with Crippen molar-refractivity contribution in [1.82, 2.24) is 10.2 Å². The summed E-state index contributed by atoms with van der Waals surface area (Å²) in [6.45, 7) is 1.57. The van der Waals surface area contributed by atoms with Crippen molar-refractivity contribution < 1.29 is 19.5 Å². The number of hydrogen-bond donors (Lipinski definition) is 2. The first-order valence-corrected chi connectivity index (χ1v) is 9.33. The number of nitrogens with one attached hydrogen (secondary N) is 1. The van der Waals surface area contributed by atoms with Crippen molar-refractivity contribution >= 4 is 17.8 Å². The zero-order chi connectivity index (χ0) is 18.6. The van der Waals surface area contributed by atoms with Gasteiger partial charge in [-0.1, -0.05) is 36.8 Å². The van der Waals surface area contributed by atoms with Crippen molar-refractivity contribution in [2.75, 3.05) is 13.1 Å². The number of likely N-dealkylation sites (tertiary alicyclic amines) is 1. The fraction of sp³-hybridized carbons (Fsp3) is 0.550. The maximum atomic E-state index is 12.5. The van der Waals surface area contributed by atoms with E-state index >= 15 is 0 Å². The fourth-order valence-electron chi connectivity index (χ4n) is 3.79. The molecule has 2 fully saturated rings. The Hall–Kier alpha value is -2.37. The van der Waals surface area contributed by atoms with Gasteiger partial charge in [0.25, 0.3) is 0 Å². The van der Waals surface area contributed by atoms with E-state index in [0.717, 1.165) is 12.0 Å². The summed E-state index contributed by atoms with van der Waals surface area (Å²) in [5.74, 6) is -0.996. The Balaban J connectivity index is 1.44. The quantitative estimate of drug-likeness (QED) is 0.816. The molecule has 1 aromatic rings. The SMILES string of the molecule is O=C(NCc1ccccc1)C1CCN(C(=O)CC2(C(=O)O)CCC2)CC1. The van der Waals surface area contributed by atoms with Crippen LogP contribution in [-0.4, -0.2) is 40.9 Å². The summed E-state index contributed by atoms with van der Waals surface area (Å²) < 4.78 is 0. The van der Waals surface area contributed by atoms with Crippen LogP contribution in [0.15, 0.2) is 30.3 Å². The summed E-state index contributed by atoms with van der Waals surface area (Å²) in [5.41, 5.74) is 0.217. The number of carboxylic acid groups (broad SMARTS) is 1. The summed E-state index contributed by atoms with van der Waals surface area (Å²) in [6, 6.07) is 9.77. The molecule has 26 heavy (non-hydrogen) atoms. The molecule has 1 aliphatic heterocycles. The molecule has 2 N–H and O–H groups in total. The number of nitrogens with zero attached hydrogens (tertiary/aromatic N) is 1. The second kappa shape index (κ2) is 7.89. The van der Waals surface area contributed by atoms with E-state index in [1.165, 1.54) is 0 Å². The first-order chi connectivity index (χ1) is 12.5. The van der Waals surface area contributed by atoms with Crippen LogP contribution in [0.1, 0.15) is 44.1 Å². The zero-order valence-corrected chi connectivity index (χ0v) is 14.9. The van der Waals surface area contributed by atoms with Crippen LogP contribution in [0.2, 0.25) is 0 Å². The molecule has 0 aromatic heterocycles. The lowest BCUT2D eigenvalue weighted by molar-refractivity contribution is -0.160. The van der Waals surface area contributed by atoms with Crippen molar-refractivity contribution in [2.24, 2.45) is 11.3 Å². The molecule has 2 aliphatic rings. The molecule has 1 aromatic carbocycles. The lowest BCUT2D eigenvalue weighted by atomic mass is 9.66. The second-order valence-electron chi connectivity index (χ2n) is 7.47. The van der Waals surface area contributed by atoms with Gasteiger partial charge in [-0.2, -0.15) is 0 Å². The van der Waals surface area contributed by atoms with E-state index in [0.29, 0.717) is 45.3 Å². The van der Waals surface area contributed by atoms with Crippen LogP contribution in [0, 0.1) is 11.3 Å². The highest BCUT2D eigenvalue weighted by atomic mass is 16.4. The van der Waals surface area contributed by atoms with Crippen LogP contribution in [0.5, 0.6) is 0 Å². The van der Waals surface area contributed by atoms with E-state index in [-0.39, 0.29) is 24.2 Å². The van der Waals surface area contributed by atoms with Gasteiger partial charge < -0.3 is 15.3 Å². The third kappa shape index (κ3) is 4.06. The van der Waals surface area contributed by atoms with Gasteiger partial charge in [-0.05, 0) is 31.2 Å². The topological polar surface area (TPSA) is 86.7 Å². The third-order valence-corrected chi connectivity index (χ3v) is 5.78. The normalized spacial score (nSPS) is 19.5. The van der Waals surface area contributed by atoms with Gasteiger partial charge in [-0.3, -0.25) is 14.4 Å². The molecule has 1 saturated carbocycles. The van der Waals surface area contributed by atoms with Crippen molar-refractivity contribution in [1.29, 1.82) is 0 Å². The standard InChI is InChI=1S/C20H26N2O4/c23-17(13-20(19(25)26)9-4-10-20)22-11-7-16(8-12-22)18(24)21-14-15-5-2-1-3-6-15/h1-3,5-6,16H,4,7-14H2,(H,21,24)(H,25,26). The minimum Gasteiger partial charge on any atom is -0.481 e. The van der Waals surface area contributed by atoms with E-state index in [1.54, 1.807) is 4.90 Å². The molecule has 2 amide bonds. The first-order valence-electron chi connectivity index (χ1n) is 9.33. The number of rotatable bonds is 6. The number of aliphatic carboxylic acids is 1. The van der Waals surface area contributed by atoms with Gasteiger partial charge >= 0.3 is 5.97 Å². The van der Waals surface area contributed by atoms with Crippen molar-refractivity contribution in [2.45, 2.75) is 45.1 Å². The van der Waals surface area contributed by atoms with Crippen LogP contribution >= 0.6 is 0 Å². The number of piperidine rings is 1. The van der Waals surface area contributed by atoms with E-state index in [4.69, 9.17) is 0 Å². The van der Waals surface area contributed by atoms with Crippen LogP contribution < -0.4 is 5.32 Å². The molecule has 140 valence electrons. The Bertz CT molecular complexity index is 662. The van der Waals surface area contributed by atoms with Crippen LogP contribution in [0.4, 0.5) is 0 Å². The first kappa shape index (κ1) is 18.4. The van der Waals surface area contributed by atoms with E-state index in [9.17, 15) is 19.5 Å². The van der Waals surface area contributed by atoms with Gasteiger partial charge in [0.15, 0.2) is 0 Å². The van der Waals surface area contributed by atoms with Gasteiger partial charge in [-0.25, -0.2) is 0 Å². The molecule has 1 saturated heterocycles. The maximum Gasteiger partial charge on any atom is 0.310 e. The highest BCUT2D eigenvalue weighted by molar-refractivity contribution is 5.86. The van der Waals surface area contributed by atoms with Gasteiger partial charge in [0.2, 0.25) is 11.8 Å². The van der Waals surface area contributed by atoms with Gasteiger partial charge in [0, 0.05) is 32.0 Å². The molecule has 0 unspecified atom stereocenters. The van der Waals surface area contributed by atoms with E-state index in [1.807, 2.05) is 30.3 Å². The molecule has 0 radical (unpaired) electrons. The monoisotopic (exact) mass is 358 g/mol. The number of carbonyl (C=O) groups excluding carboxylic acids is 2. The summed E-state index contributed by atoms with van der Waals surface area (Å²) in [4.78, 5) is 37.9. The fourth-order valence-corrected chi connectivity index (χ4v) is 3.79. The van der Waals surface area contributed by atoms with E-state index < -0.39 is 11.4 Å². The average Bonchev–Trinajstić information content (AvgIpc) is 2.63. The molecular formula is C20H26N2O4. The number of carboxylic acids is 1. The Morgan fingerprint density at radius 3 is 2.31 bits per heavy atom. The van der Waals surface area contributed by atoms with Crippen LogP contribution in [0.25, 0.3) is 0 Å². The predicted molar refractivity (Wildman–Crippen MR) is 96.1 cm³/mol. The molecule has 0 bridgehead atoms. The minimum atomic E-state index is -0.854. The van der Waals surface area contributed by atoms with Crippen LogP contribution in [-0.2, 0) is 20.9 Å². The highest BCUT2D eigenvalue weighted by Gasteiger charge is 2.46. The Morgan fingerprint density at radius 2 is 1.77 bits per heavy atom. The highest BCUT2D eigenvalue weighted by Crippen LogP contribution is 2.44. The van der Waals surface area contributed by atoms with Crippen LogP contribution in [0.3, 0.4) is 0 Å². The molecule has 0 atom stereocenters. The maximum absolute atomic E-state index is 12.5. The lowest BCUT2D eigenvalue weighted by Gasteiger charge is -2.39. The number of amides is 2. The summed E-state index contributed by atoms with van der Waals surface area (Å²) in [7, 11) is 0. The number of carbonyl (C=O) groups is 3. The smallest absolute Gasteiger partial charge is 0.310 e. The van der Waals surface area contributed by atoms with Gasteiger partial charge in [0.1, 0.15) is 0 Å². The van der Waals surface area contributed by atoms with Crippen molar-refractivity contribution in [3.63, 3.8) is 0 Å². The van der Waals surface area contributed by atoms with Gasteiger partial charge in [0.05, 0.1) is 5.41 Å². The molecule has 1 aliphatic carbocycles. The summed E-state index contributed by atoms with van der Waals surface area (Å²) in [6.07, 6.45) is 3.41. The molecule has 6 nitrogen and oxygen atoms in total. The largest absolute Gasteiger partial charge is 0.481 e. The Labute approximate surface area is 153 Å². The molecule has 6 heteroatoms. The Kier molecular flexibility index (Phi) is 5.59. The third-order valence-electron chi connectivity index (χ3n) is 5.78. The Morgan fingerprint density at radius 1 is 1.12 bits per heavy atom. The predicted octanol–water partition coefficient (Wildman–Crippen LogP) is 2.19. The van der Waals surface area contributed by atoms with Gasteiger partial charge in [-0.15, -0.1) is 0 Å². The molecule has 3 rings (SSSR count). The molecule has 0 spiro atoms. The minimum absolute atomic E-state index is 0.0296. The van der Waals surface area contributed by atoms with Crippen molar-refractivity contribution in [3.05, 3.63) is 35.9 Å². The average molecular weight is 358 g/mol. The molecular weight excluding hydrogens is 332 g/mol. The van der Waals surface area contributed by atoms with Crippen molar-refractivity contribution in [3.8, 4) is 0 Å². The zero-order valence-electron chi connectivity index (χ0n) is 14.9. The van der Waals surface area contributed by atoms with E-state index in [2.05, 4.69) is 5.32 Å². The lowest BCUT2D eigenvalue weighted by Crippen LogP contribution is -2.47. The summed E-state index contributed by atoms with van der Waals surface area (Å²) in [5, 5.41) is 12.3. The number of benzene rings is 1. The summed E-state index contributed by atoms with van der Waals surface area (Å²) >= 11 is 0.